The molecule has 0 aliphatic heterocycles. The zero-order valence-electron chi connectivity index (χ0n) is 9.56. The Hall–Kier alpha value is -1.68. The molecule has 0 saturated heterocycles. The molecule has 0 fully saturated rings. The molecule has 0 heterocycles. The molecule has 86 valence electrons. The third-order valence-electron chi connectivity index (χ3n) is 2.17. The van der Waals surface area contributed by atoms with E-state index in [1.54, 1.807) is 12.1 Å². The number of nitrogens with zero attached hydrogens (tertiary/aromatic N) is 1. The molecular weight excluding hydrogens is 204 g/mol. The number of nitro benzene ring substituents is 1. The van der Waals surface area contributed by atoms with Gasteiger partial charge in [-0.1, -0.05) is 18.2 Å². The van der Waals surface area contributed by atoms with Crippen LogP contribution in [0.4, 0.5) is 5.69 Å². The predicted molar refractivity (Wildman–Crippen MR) is 65.4 cm³/mol. The molecule has 1 rings (SSSR count). The molecule has 1 aromatic rings. The second-order valence-corrected chi connectivity index (χ2v) is 3.65. The van der Waals surface area contributed by atoms with Crippen molar-refractivity contribution in [1.29, 1.82) is 0 Å². The highest BCUT2D eigenvalue weighted by Crippen LogP contribution is 2.17. The van der Waals surface area contributed by atoms with Gasteiger partial charge in [0.15, 0.2) is 0 Å². The van der Waals surface area contributed by atoms with Crippen LogP contribution in [0.3, 0.4) is 0 Å². The van der Waals surface area contributed by atoms with Crippen molar-refractivity contribution in [1.82, 2.24) is 5.32 Å². The lowest BCUT2D eigenvalue weighted by Crippen LogP contribution is -2.05. The van der Waals surface area contributed by atoms with Gasteiger partial charge in [0.25, 0.3) is 5.69 Å². The third-order valence-corrected chi connectivity index (χ3v) is 2.17. The third kappa shape index (κ3) is 3.82. The van der Waals surface area contributed by atoms with Crippen LogP contribution in [-0.4, -0.2) is 18.5 Å². The maximum absolute atomic E-state index is 10.7. The van der Waals surface area contributed by atoms with Crippen molar-refractivity contribution in [3.8, 4) is 0 Å². The molecule has 4 heteroatoms. The van der Waals surface area contributed by atoms with Crippen molar-refractivity contribution in [3.63, 3.8) is 0 Å². The summed E-state index contributed by atoms with van der Waals surface area (Å²) in [6, 6.07) is 5.09. The molecule has 16 heavy (non-hydrogen) atoms. The lowest BCUT2D eigenvalue weighted by Gasteiger charge is -1.98. The van der Waals surface area contributed by atoms with E-state index in [-0.39, 0.29) is 10.6 Å². The van der Waals surface area contributed by atoms with E-state index in [0.29, 0.717) is 0 Å². The van der Waals surface area contributed by atoms with Gasteiger partial charge in [-0.15, -0.1) is 0 Å². The normalized spacial score (nSPS) is 10.9. The van der Waals surface area contributed by atoms with Crippen LogP contribution < -0.4 is 5.32 Å². The van der Waals surface area contributed by atoms with E-state index in [1.807, 2.05) is 32.2 Å². The minimum Gasteiger partial charge on any atom is -0.319 e. The standard InChI is InChI=1S/C12H16N2O2/c1-10-7-11(5-3-4-6-13-2)9-12(8-10)14(15)16/h3,5,7-9,13H,4,6H2,1-2H3. The van der Waals surface area contributed by atoms with E-state index in [9.17, 15) is 10.1 Å². The summed E-state index contributed by atoms with van der Waals surface area (Å²) in [7, 11) is 1.89. The Labute approximate surface area is 95.1 Å². The van der Waals surface area contributed by atoms with Crippen molar-refractivity contribution >= 4 is 11.8 Å². The first kappa shape index (κ1) is 12.4. The van der Waals surface area contributed by atoms with Gasteiger partial charge in [0.05, 0.1) is 4.92 Å². The molecule has 0 amide bonds. The molecule has 0 saturated carbocycles. The maximum atomic E-state index is 10.7. The molecule has 0 bridgehead atoms. The summed E-state index contributed by atoms with van der Waals surface area (Å²) in [5, 5.41) is 13.7. The van der Waals surface area contributed by atoms with Crippen LogP contribution in [0.25, 0.3) is 6.08 Å². The summed E-state index contributed by atoms with van der Waals surface area (Å²) in [5.41, 5.74) is 1.93. The van der Waals surface area contributed by atoms with Crippen LogP contribution >= 0.6 is 0 Å². The maximum Gasteiger partial charge on any atom is 0.270 e. The van der Waals surface area contributed by atoms with E-state index >= 15 is 0 Å². The van der Waals surface area contributed by atoms with E-state index in [0.717, 1.165) is 24.1 Å². The molecule has 0 spiro atoms. The first-order valence-corrected chi connectivity index (χ1v) is 5.20. The second kappa shape index (κ2) is 6.02. The largest absolute Gasteiger partial charge is 0.319 e. The summed E-state index contributed by atoms with van der Waals surface area (Å²) < 4.78 is 0. The van der Waals surface area contributed by atoms with Crippen LogP contribution in [0.1, 0.15) is 17.5 Å². The quantitative estimate of drug-likeness (QED) is 0.471. The van der Waals surface area contributed by atoms with Gasteiger partial charge in [0.1, 0.15) is 0 Å². The van der Waals surface area contributed by atoms with Gasteiger partial charge in [-0.3, -0.25) is 10.1 Å². The zero-order chi connectivity index (χ0) is 12.0. The van der Waals surface area contributed by atoms with Crippen LogP contribution in [0.15, 0.2) is 24.3 Å². The van der Waals surface area contributed by atoms with Crippen molar-refractivity contribution in [2.45, 2.75) is 13.3 Å². The molecule has 0 aromatic heterocycles. The second-order valence-electron chi connectivity index (χ2n) is 3.65. The van der Waals surface area contributed by atoms with E-state index in [1.165, 1.54) is 0 Å². The number of hydrogen-bond donors (Lipinski definition) is 1. The number of non-ortho nitro benzene ring substituents is 1. The monoisotopic (exact) mass is 220 g/mol. The van der Waals surface area contributed by atoms with Crippen LogP contribution in [0, 0.1) is 17.0 Å². The molecule has 1 aromatic carbocycles. The minimum atomic E-state index is -0.363. The molecule has 0 aliphatic rings. The average Bonchev–Trinajstić information content (AvgIpc) is 2.23. The van der Waals surface area contributed by atoms with Gasteiger partial charge in [-0.05, 0) is 38.1 Å². The van der Waals surface area contributed by atoms with Crippen LogP contribution in [0.5, 0.6) is 0 Å². The van der Waals surface area contributed by atoms with E-state index in [2.05, 4.69) is 5.32 Å². The van der Waals surface area contributed by atoms with Crippen molar-refractivity contribution in [3.05, 3.63) is 45.5 Å². The Morgan fingerprint density at radius 1 is 1.44 bits per heavy atom. The Morgan fingerprint density at radius 2 is 2.19 bits per heavy atom. The first-order valence-electron chi connectivity index (χ1n) is 5.20. The zero-order valence-corrected chi connectivity index (χ0v) is 9.56. The van der Waals surface area contributed by atoms with Gasteiger partial charge >= 0.3 is 0 Å². The number of rotatable bonds is 5. The summed E-state index contributed by atoms with van der Waals surface area (Å²) in [4.78, 5) is 10.3. The number of nitrogens with one attached hydrogen (secondary N) is 1. The van der Waals surface area contributed by atoms with Gasteiger partial charge in [0, 0.05) is 12.1 Å². The fraction of sp³-hybridized carbons (Fsp3) is 0.333. The number of aryl methyl sites for hydroxylation is 1. The molecule has 0 aliphatic carbocycles. The molecular formula is C12H16N2O2. The lowest BCUT2D eigenvalue weighted by molar-refractivity contribution is -0.384. The Kier molecular flexibility index (Phi) is 4.66. The molecule has 0 unspecified atom stereocenters. The Morgan fingerprint density at radius 3 is 2.81 bits per heavy atom. The van der Waals surface area contributed by atoms with Gasteiger partial charge < -0.3 is 5.32 Å². The fourth-order valence-electron chi connectivity index (χ4n) is 1.44. The molecule has 0 atom stereocenters. The highest BCUT2D eigenvalue weighted by Gasteiger charge is 2.05. The highest BCUT2D eigenvalue weighted by atomic mass is 16.6. The highest BCUT2D eigenvalue weighted by molar-refractivity contribution is 5.55. The van der Waals surface area contributed by atoms with Crippen LogP contribution in [-0.2, 0) is 0 Å². The van der Waals surface area contributed by atoms with Crippen molar-refractivity contribution < 1.29 is 4.92 Å². The average molecular weight is 220 g/mol. The van der Waals surface area contributed by atoms with E-state index < -0.39 is 0 Å². The topological polar surface area (TPSA) is 55.2 Å². The smallest absolute Gasteiger partial charge is 0.270 e. The Bertz CT molecular complexity index is 400. The van der Waals surface area contributed by atoms with Gasteiger partial charge in [-0.25, -0.2) is 0 Å². The van der Waals surface area contributed by atoms with E-state index in [4.69, 9.17) is 0 Å². The number of benzene rings is 1. The predicted octanol–water partition coefficient (Wildman–Crippen LogP) is 2.53. The van der Waals surface area contributed by atoms with Gasteiger partial charge in [0.2, 0.25) is 0 Å². The first-order chi connectivity index (χ1) is 7.63. The molecule has 0 radical (unpaired) electrons. The molecule has 4 nitrogen and oxygen atoms in total. The summed E-state index contributed by atoms with van der Waals surface area (Å²) in [5.74, 6) is 0. The number of hydrogen-bond acceptors (Lipinski definition) is 3. The van der Waals surface area contributed by atoms with Crippen molar-refractivity contribution in [2.24, 2.45) is 0 Å². The summed E-state index contributed by atoms with van der Waals surface area (Å²) in [6.07, 6.45) is 4.84. The minimum absolute atomic E-state index is 0.147. The van der Waals surface area contributed by atoms with Crippen LogP contribution in [0.2, 0.25) is 0 Å². The number of nitro groups is 1. The summed E-state index contributed by atoms with van der Waals surface area (Å²) >= 11 is 0. The fourth-order valence-corrected chi connectivity index (χ4v) is 1.44. The van der Waals surface area contributed by atoms with Crippen molar-refractivity contribution in [2.75, 3.05) is 13.6 Å². The SMILES string of the molecule is CNCCC=Cc1cc(C)cc([N+](=O)[O-])c1. The lowest BCUT2D eigenvalue weighted by atomic mass is 10.1. The summed E-state index contributed by atoms with van der Waals surface area (Å²) in [6.45, 7) is 2.77. The van der Waals surface area contributed by atoms with Gasteiger partial charge in [-0.2, -0.15) is 0 Å². The molecule has 1 N–H and O–H groups in total. The Balaban J connectivity index is 2.80.